The van der Waals surface area contributed by atoms with Gasteiger partial charge in [-0.1, -0.05) is 83.5 Å². The van der Waals surface area contributed by atoms with E-state index in [1.165, 1.54) is 64.2 Å². The van der Waals surface area contributed by atoms with E-state index >= 15 is 0 Å². The van der Waals surface area contributed by atoms with Crippen molar-refractivity contribution in [3.8, 4) is 0 Å². The van der Waals surface area contributed by atoms with Gasteiger partial charge in [0, 0.05) is 12.8 Å². The van der Waals surface area contributed by atoms with Crippen molar-refractivity contribution >= 4 is 17.9 Å². The van der Waals surface area contributed by atoms with Crippen molar-refractivity contribution in [2.24, 2.45) is 11.5 Å². The van der Waals surface area contributed by atoms with Crippen LogP contribution < -0.4 is 11.5 Å². The molecule has 8 nitrogen and oxygen atoms in total. The lowest BCUT2D eigenvalue weighted by atomic mass is 10.0. The van der Waals surface area contributed by atoms with Gasteiger partial charge in [0.15, 0.2) is 0 Å². The summed E-state index contributed by atoms with van der Waals surface area (Å²) in [6.45, 7) is 0.604. The van der Waals surface area contributed by atoms with Crippen LogP contribution in [0.15, 0.2) is 0 Å². The molecule has 0 bridgehead atoms. The standard InChI is InChI=1S/C18H34O4.C6H14N2O2/c19-17(20)15-13-11-9-7-5-3-1-2-4-6-8-10-12-14-16-18(21)22;7-4-2-1-3-5(8)6(9)10/h1-16H2,(H,19,20)(H,21,22);5H,1-4,7-8H2,(H,9,10). The molecule has 190 valence electrons. The second-order valence-corrected chi connectivity index (χ2v) is 8.47. The molecule has 0 fully saturated rings. The molecule has 0 rings (SSSR count). The van der Waals surface area contributed by atoms with Gasteiger partial charge in [-0.15, -0.1) is 0 Å². The van der Waals surface area contributed by atoms with Gasteiger partial charge in [-0.05, 0) is 32.2 Å². The third kappa shape index (κ3) is 30.5. The second kappa shape index (κ2) is 25.6. The van der Waals surface area contributed by atoms with Gasteiger partial charge < -0.3 is 26.8 Å². The highest BCUT2D eigenvalue weighted by Crippen LogP contribution is 2.13. The molecular formula is C24H48N2O6. The number of hydrogen-bond acceptors (Lipinski definition) is 5. The molecule has 0 saturated carbocycles. The Kier molecular flexibility index (Phi) is 26.0. The van der Waals surface area contributed by atoms with Crippen LogP contribution >= 0.6 is 0 Å². The summed E-state index contributed by atoms with van der Waals surface area (Å²) in [5, 5.41) is 25.4. The van der Waals surface area contributed by atoms with Crippen molar-refractivity contribution in [1.29, 1.82) is 0 Å². The zero-order chi connectivity index (χ0) is 24.5. The van der Waals surface area contributed by atoms with E-state index in [9.17, 15) is 14.4 Å². The summed E-state index contributed by atoms with van der Waals surface area (Å²) in [7, 11) is 0. The number of hydrogen-bond donors (Lipinski definition) is 5. The number of aliphatic carboxylic acids is 3. The quantitative estimate of drug-likeness (QED) is 0.142. The summed E-state index contributed by atoms with van der Waals surface area (Å²) in [5.41, 5.74) is 10.4. The fraction of sp³-hybridized carbons (Fsp3) is 0.875. The van der Waals surface area contributed by atoms with Crippen LogP contribution in [0.4, 0.5) is 0 Å². The molecule has 0 aliphatic rings. The first kappa shape index (κ1) is 32.5. The minimum atomic E-state index is -0.933. The van der Waals surface area contributed by atoms with Crippen LogP contribution in [0, 0.1) is 0 Å². The van der Waals surface area contributed by atoms with Crippen LogP contribution in [0.2, 0.25) is 0 Å². The Balaban J connectivity index is 0. The highest BCUT2D eigenvalue weighted by atomic mass is 16.4. The van der Waals surface area contributed by atoms with Gasteiger partial charge >= 0.3 is 17.9 Å². The first-order valence-corrected chi connectivity index (χ1v) is 12.4. The molecule has 0 aromatic heterocycles. The van der Waals surface area contributed by atoms with Gasteiger partial charge in [-0.3, -0.25) is 14.4 Å². The molecule has 0 aliphatic carbocycles. The third-order valence-corrected chi connectivity index (χ3v) is 5.32. The number of nitrogens with two attached hydrogens (primary N) is 2. The molecule has 0 saturated heterocycles. The summed E-state index contributed by atoms with van der Waals surface area (Å²) >= 11 is 0. The Morgan fingerprint density at radius 3 is 1.09 bits per heavy atom. The second-order valence-electron chi connectivity index (χ2n) is 8.47. The van der Waals surface area contributed by atoms with E-state index in [4.69, 9.17) is 26.8 Å². The van der Waals surface area contributed by atoms with Crippen molar-refractivity contribution in [2.45, 2.75) is 128 Å². The maximum absolute atomic E-state index is 10.3. The number of carboxylic acids is 3. The van der Waals surface area contributed by atoms with Crippen molar-refractivity contribution < 1.29 is 29.7 Å². The maximum atomic E-state index is 10.3. The van der Waals surface area contributed by atoms with E-state index in [0.717, 1.165) is 38.5 Å². The summed E-state index contributed by atoms with van der Waals surface area (Å²) in [6, 6.07) is -0.716. The zero-order valence-electron chi connectivity index (χ0n) is 19.9. The molecule has 0 amide bonds. The highest BCUT2D eigenvalue weighted by molar-refractivity contribution is 5.72. The van der Waals surface area contributed by atoms with Gasteiger partial charge in [0.25, 0.3) is 0 Å². The number of rotatable bonds is 22. The van der Waals surface area contributed by atoms with Gasteiger partial charge in [-0.25, -0.2) is 0 Å². The number of unbranched alkanes of at least 4 members (excludes halogenated alkanes) is 14. The van der Waals surface area contributed by atoms with Crippen molar-refractivity contribution in [2.75, 3.05) is 6.54 Å². The van der Waals surface area contributed by atoms with E-state index in [0.29, 0.717) is 25.8 Å². The highest BCUT2D eigenvalue weighted by Gasteiger charge is 2.09. The fourth-order valence-corrected chi connectivity index (χ4v) is 3.31. The Morgan fingerprint density at radius 2 is 0.844 bits per heavy atom. The Bertz CT molecular complexity index is 432. The largest absolute Gasteiger partial charge is 0.481 e. The minimum absolute atomic E-state index is 0.316. The Hall–Kier alpha value is -1.67. The lowest BCUT2D eigenvalue weighted by molar-refractivity contribution is -0.139. The maximum Gasteiger partial charge on any atom is 0.320 e. The van der Waals surface area contributed by atoms with E-state index in [2.05, 4.69) is 0 Å². The van der Waals surface area contributed by atoms with Crippen LogP contribution in [0.1, 0.15) is 122 Å². The fourth-order valence-electron chi connectivity index (χ4n) is 3.31. The topological polar surface area (TPSA) is 164 Å². The zero-order valence-corrected chi connectivity index (χ0v) is 19.9. The van der Waals surface area contributed by atoms with Crippen molar-refractivity contribution in [3.63, 3.8) is 0 Å². The molecule has 0 aliphatic heterocycles. The smallest absolute Gasteiger partial charge is 0.320 e. The first-order valence-electron chi connectivity index (χ1n) is 12.4. The molecule has 8 heteroatoms. The normalized spacial score (nSPS) is 11.4. The van der Waals surface area contributed by atoms with Crippen LogP contribution in [0.25, 0.3) is 0 Å². The third-order valence-electron chi connectivity index (χ3n) is 5.32. The predicted octanol–water partition coefficient (Wildman–Crippen LogP) is 4.92. The average molecular weight is 461 g/mol. The van der Waals surface area contributed by atoms with E-state index in [1.807, 2.05) is 0 Å². The summed E-state index contributed by atoms with van der Waals surface area (Å²) in [4.78, 5) is 30.8. The monoisotopic (exact) mass is 460 g/mol. The van der Waals surface area contributed by atoms with Crippen LogP contribution in [0.3, 0.4) is 0 Å². The van der Waals surface area contributed by atoms with Crippen molar-refractivity contribution in [3.05, 3.63) is 0 Å². The Morgan fingerprint density at radius 1 is 0.531 bits per heavy atom. The summed E-state index contributed by atoms with van der Waals surface area (Å²) < 4.78 is 0. The number of carboxylic acid groups (broad SMARTS) is 3. The minimum Gasteiger partial charge on any atom is -0.481 e. The molecule has 0 aromatic rings. The molecule has 0 spiro atoms. The first-order chi connectivity index (χ1) is 15.3. The van der Waals surface area contributed by atoms with E-state index < -0.39 is 23.9 Å². The molecule has 0 aromatic carbocycles. The van der Waals surface area contributed by atoms with Crippen LogP contribution in [0.5, 0.6) is 0 Å². The van der Waals surface area contributed by atoms with Crippen LogP contribution in [-0.4, -0.2) is 45.8 Å². The molecule has 1 unspecified atom stereocenters. The Labute approximate surface area is 194 Å². The number of carbonyl (C=O) groups is 3. The molecule has 1 atom stereocenters. The molecule has 7 N–H and O–H groups in total. The van der Waals surface area contributed by atoms with Gasteiger partial charge in [0.05, 0.1) is 0 Å². The summed E-state index contributed by atoms with van der Waals surface area (Å²) in [5.74, 6) is -2.29. The molecule has 0 heterocycles. The van der Waals surface area contributed by atoms with Crippen LogP contribution in [-0.2, 0) is 14.4 Å². The van der Waals surface area contributed by atoms with Crippen molar-refractivity contribution in [1.82, 2.24) is 0 Å². The van der Waals surface area contributed by atoms with Gasteiger partial charge in [0.2, 0.25) is 0 Å². The predicted molar refractivity (Wildman–Crippen MR) is 128 cm³/mol. The van der Waals surface area contributed by atoms with E-state index in [-0.39, 0.29) is 0 Å². The lowest BCUT2D eigenvalue weighted by Crippen LogP contribution is -2.29. The average Bonchev–Trinajstić information content (AvgIpc) is 2.73. The lowest BCUT2D eigenvalue weighted by Gasteiger charge is -2.03. The molecule has 32 heavy (non-hydrogen) atoms. The van der Waals surface area contributed by atoms with E-state index in [1.54, 1.807) is 0 Å². The van der Waals surface area contributed by atoms with Gasteiger partial charge in [0.1, 0.15) is 6.04 Å². The SMILES string of the molecule is NCCCCC(N)C(=O)O.O=C(O)CCCCCCCCCCCCCCCCC(=O)O. The molecular weight excluding hydrogens is 412 g/mol. The van der Waals surface area contributed by atoms with Gasteiger partial charge in [-0.2, -0.15) is 0 Å². The summed E-state index contributed by atoms with van der Waals surface area (Å²) in [6.07, 6.45) is 19.2. The molecule has 0 radical (unpaired) electrons.